The molecule has 0 heterocycles. The molecule has 0 saturated heterocycles. The Balaban J connectivity index is 3.50. The molecule has 4 N–H and O–H groups in total. The zero-order valence-electron chi connectivity index (χ0n) is 13.0. The van der Waals surface area contributed by atoms with Crippen LogP contribution in [0.2, 0.25) is 0 Å². The van der Waals surface area contributed by atoms with E-state index in [2.05, 4.69) is 10.6 Å². The second-order valence-electron chi connectivity index (χ2n) is 4.73. The summed E-state index contributed by atoms with van der Waals surface area (Å²) in [5, 5.41) is 22.5. The first-order chi connectivity index (χ1) is 11.2. The number of rotatable bonds is 6. The summed E-state index contributed by atoms with van der Waals surface area (Å²) in [4.78, 5) is 44.0. The largest absolute Gasteiger partial charge is 0.478 e. The summed E-state index contributed by atoms with van der Waals surface area (Å²) >= 11 is 0. The van der Waals surface area contributed by atoms with Crippen LogP contribution in [0.4, 0.5) is 11.4 Å². The number of carbonyl (C=O) groups excluding carboxylic acids is 2. The van der Waals surface area contributed by atoms with Crippen LogP contribution < -0.4 is 10.6 Å². The number of carbonyl (C=O) groups is 4. The first-order valence-corrected chi connectivity index (χ1v) is 6.74. The van der Waals surface area contributed by atoms with Crippen molar-refractivity contribution in [1.29, 1.82) is 0 Å². The van der Waals surface area contributed by atoms with Gasteiger partial charge in [0.05, 0.1) is 11.4 Å². The van der Waals surface area contributed by atoms with E-state index >= 15 is 0 Å². The lowest BCUT2D eigenvalue weighted by atomic mass is 10.0. The summed E-state index contributed by atoms with van der Waals surface area (Å²) in [5.74, 6) is -3.14. The van der Waals surface area contributed by atoms with Gasteiger partial charge in [0.1, 0.15) is 0 Å². The maximum atomic E-state index is 11.3. The van der Waals surface area contributed by atoms with Crippen LogP contribution in [0.25, 0.3) is 12.2 Å². The van der Waals surface area contributed by atoms with Gasteiger partial charge < -0.3 is 20.8 Å². The Labute approximate surface area is 137 Å². The number of hydrogen-bond acceptors (Lipinski definition) is 4. The van der Waals surface area contributed by atoms with Crippen molar-refractivity contribution in [3.05, 3.63) is 35.4 Å². The lowest BCUT2D eigenvalue weighted by Gasteiger charge is -2.13. The Kier molecular flexibility index (Phi) is 6.42. The molecule has 1 rings (SSSR count). The molecule has 1 aromatic carbocycles. The Morgan fingerprint density at radius 1 is 0.792 bits per heavy atom. The minimum absolute atomic E-state index is 0.274. The van der Waals surface area contributed by atoms with Gasteiger partial charge >= 0.3 is 11.9 Å². The van der Waals surface area contributed by atoms with E-state index < -0.39 is 11.9 Å². The van der Waals surface area contributed by atoms with E-state index in [4.69, 9.17) is 10.2 Å². The van der Waals surface area contributed by atoms with Gasteiger partial charge in [-0.2, -0.15) is 0 Å². The van der Waals surface area contributed by atoms with Crippen molar-refractivity contribution >= 4 is 47.3 Å². The third-order valence-corrected chi connectivity index (χ3v) is 2.65. The van der Waals surface area contributed by atoms with Gasteiger partial charge in [0.25, 0.3) is 0 Å². The predicted octanol–water partition coefficient (Wildman–Crippen LogP) is 1.80. The van der Waals surface area contributed by atoms with E-state index in [9.17, 15) is 19.2 Å². The van der Waals surface area contributed by atoms with Crippen molar-refractivity contribution in [2.75, 3.05) is 10.6 Å². The molecule has 0 saturated carbocycles. The fourth-order valence-electron chi connectivity index (χ4n) is 1.83. The fourth-order valence-corrected chi connectivity index (χ4v) is 1.83. The molecule has 8 nitrogen and oxygen atoms in total. The monoisotopic (exact) mass is 332 g/mol. The van der Waals surface area contributed by atoms with Crippen LogP contribution in [0.3, 0.4) is 0 Å². The summed E-state index contributed by atoms with van der Waals surface area (Å²) in [6, 6.07) is 2.88. The fraction of sp³-hybridized carbons (Fsp3) is 0.125. The third kappa shape index (κ3) is 6.14. The standard InChI is InChI=1S/C16H16N2O6/c1-9(19)17-13-8-14(18-10(2)20)12(4-6-16(23)24)7-11(13)3-5-15(21)22/h3-8H,1-2H3,(H,17,19)(H,18,20)(H,21,22)(H,23,24)/b5-3+,6-4+. The van der Waals surface area contributed by atoms with Crippen LogP contribution in [0.5, 0.6) is 0 Å². The molecule has 0 aliphatic rings. The van der Waals surface area contributed by atoms with E-state index in [1.54, 1.807) is 0 Å². The molecule has 0 unspecified atom stereocenters. The van der Waals surface area contributed by atoms with Crippen molar-refractivity contribution in [2.45, 2.75) is 13.8 Å². The second-order valence-corrected chi connectivity index (χ2v) is 4.73. The Bertz CT molecular complexity index is 690. The highest BCUT2D eigenvalue weighted by atomic mass is 16.4. The average molecular weight is 332 g/mol. The molecule has 2 amide bonds. The number of carboxylic acids is 2. The van der Waals surface area contributed by atoms with Crippen molar-refractivity contribution in [2.24, 2.45) is 0 Å². The Hall–Kier alpha value is -3.42. The number of carboxylic acid groups (broad SMARTS) is 2. The SMILES string of the molecule is CC(=O)Nc1cc(NC(C)=O)c(/C=C/C(=O)O)cc1/C=C/C(=O)O. The summed E-state index contributed by atoms with van der Waals surface area (Å²) in [6.07, 6.45) is 4.26. The van der Waals surface area contributed by atoms with Gasteiger partial charge in [0.2, 0.25) is 11.8 Å². The van der Waals surface area contributed by atoms with Gasteiger partial charge in [-0.05, 0) is 35.4 Å². The molecule has 0 aromatic heterocycles. The van der Waals surface area contributed by atoms with Gasteiger partial charge in [-0.25, -0.2) is 9.59 Å². The van der Waals surface area contributed by atoms with Gasteiger partial charge in [-0.3, -0.25) is 9.59 Å². The lowest BCUT2D eigenvalue weighted by molar-refractivity contribution is -0.132. The number of benzene rings is 1. The van der Waals surface area contributed by atoms with Gasteiger partial charge in [-0.15, -0.1) is 0 Å². The molecule has 0 fully saturated rings. The molecular formula is C16H16N2O6. The van der Waals surface area contributed by atoms with Crippen LogP contribution in [0.15, 0.2) is 24.3 Å². The Morgan fingerprint density at radius 2 is 1.17 bits per heavy atom. The molecule has 0 atom stereocenters. The number of hydrogen-bond donors (Lipinski definition) is 4. The number of nitrogens with one attached hydrogen (secondary N) is 2. The van der Waals surface area contributed by atoms with Gasteiger partial charge in [-0.1, -0.05) is 0 Å². The van der Waals surface area contributed by atoms with Crippen molar-refractivity contribution < 1.29 is 29.4 Å². The van der Waals surface area contributed by atoms with E-state index in [0.717, 1.165) is 12.2 Å². The molecule has 126 valence electrons. The maximum absolute atomic E-state index is 11.3. The smallest absolute Gasteiger partial charge is 0.328 e. The van der Waals surface area contributed by atoms with Gasteiger partial charge in [0.15, 0.2) is 0 Å². The molecule has 0 radical (unpaired) electrons. The number of aliphatic carboxylic acids is 2. The van der Waals surface area contributed by atoms with Crippen LogP contribution in [-0.2, 0) is 19.2 Å². The van der Waals surface area contributed by atoms with E-state index in [0.29, 0.717) is 11.1 Å². The highest BCUT2D eigenvalue weighted by Gasteiger charge is 2.10. The van der Waals surface area contributed by atoms with Crippen LogP contribution in [0.1, 0.15) is 25.0 Å². The zero-order valence-corrected chi connectivity index (χ0v) is 13.0. The van der Waals surface area contributed by atoms with Gasteiger partial charge in [0, 0.05) is 26.0 Å². The number of anilines is 2. The van der Waals surface area contributed by atoms with E-state index in [1.807, 2.05) is 0 Å². The lowest BCUT2D eigenvalue weighted by Crippen LogP contribution is -2.11. The van der Waals surface area contributed by atoms with Crippen molar-refractivity contribution in [3.63, 3.8) is 0 Å². The van der Waals surface area contributed by atoms with Crippen LogP contribution in [0, 0.1) is 0 Å². The quantitative estimate of drug-likeness (QED) is 0.587. The topological polar surface area (TPSA) is 133 Å². The second kappa shape index (κ2) is 8.28. The third-order valence-electron chi connectivity index (χ3n) is 2.65. The summed E-state index contributed by atoms with van der Waals surface area (Å²) in [7, 11) is 0. The van der Waals surface area contributed by atoms with E-state index in [-0.39, 0.29) is 23.2 Å². The summed E-state index contributed by atoms with van der Waals surface area (Å²) in [6.45, 7) is 2.56. The molecule has 8 heteroatoms. The first-order valence-electron chi connectivity index (χ1n) is 6.74. The highest BCUT2D eigenvalue weighted by molar-refractivity contribution is 5.98. The van der Waals surface area contributed by atoms with Crippen molar-refractivity contribution in [3.8, 4) is 0 Å². The summed E-state index contributed by atoms with van der Waals surface area (Å²) < 4.78 is 0. The Morgan fingerprint density at radius 3 is 1.46 bits per heavy atom. The molecule has 0 bridgehead atoms. The minimum atomic E-state index is -1.18. The minimum Gasteiger partial charge on any atom is -0.478 e. The zero-order chi connectivity index (χ0) is 18.3. The van der Waals surface area contributed by atoms with Crippen molar-refractivity contribution in [1.82, 2.24) is 0 Å². The predicted molar refractivity (Wildman–Crippen MR) is 88.4 cm³/mol. The average Bonchev–Trinajstić information content (AvgIpc) is 2.43. The molecule has 24 heavy (non-hydrogen) atoms. The molecule has 0 aliphatic heterocycles. The molecular weight excluding hydrogens is 316 g/mol. The highest BCUT2D eigenvalue weighted by Crippen LogP contribution is 2.28. The first kappa shape index (κ1) is 18.6. The van der Waals surface area contributed by atoms with Crippen LogP contribution in [-0.4, -0.2) is 34.0 Å². The van der Waals surface area contributed by atoms with Crippen LogP contribution >= 0.6 is 0 Å². The number of amides is 2. The molecule has 0 aliphatic carbocycles. The van der Waals surface area contributed by atoms with E-state index in [1.165, 1.54) is 38.1 Å². The maximum Gasteiger partial charge on any atom is 0.328 e. The summed E-state index contributed by atoms with van der Waals surface area (Å²) in [5.41, 5.74) is 1.23. The molecule has 0 spiro atoms. The normalized spacial score (nSPS) is 10.8. The molecule has 1 aromatic rings.